The van der Waals surface area contributed by atoms with E-state index in [-0.39, 0.29) is 0 Å². The van der Waals surface area contributed by atoms with Gasteiger partial charge in [0.25, 0.3) is 0 Å². The van der Waals surface area contributed by atoms with Crippen molar-refractivity contribution in [1.29, 1.82) is 0 Å². The van der Waals surface area contributed by atoms with E-state index in [0.717, 1.165) is 23.9 Å². The topological polar surface area (TPSA) is 84.1 Å². The van der Waals surface area contributed by atoms with Gasteiger partial charge in [-0.3, -0.25) is 4.68 Å². The van der Waals surface area contributed by atoms with Crippen LogP contribution >= 0.6 is 0 Å². The lowest BCUT2D eigenvalue weighted by Crippen LogP contribution is -2.47. The zero-order valence-electron chi connectivity index (χ0n) is 12.2. The Labute approximate surface area is 122 Å². The Bertz CT molecular complexity index is 668. The summed E-state index contributed by atoms with van der Waals surface area (Å²) < 4.78 is 1.68. The molecule has 1 aliphatic rings. The van der Waals surface area contributed by atoms with Gasteiger partial charge in [0.2, 0.25) is 0 Å². The molecule has 0 bridgehead atoms. The molecular formula is C14H19N5O2. The maximum atomic E-state index is 11.6. The molecule has 1 fully saturated rings. The summed E-state index contributed by atoms with van der Waals surface area (Å²) in [6.45, 7) is 2.82. The van der Waals surface area contributed by atoms with Crippen molar-refractivity contribution in [2.75, 3.05) is 11.4 Å². The summed E-state index contributed by atoms with van der Waals surface area (Å²) in [6.07, 6.45) is 5.85. The van der Waals surface area contributed by atoms with E-state index in [1.807, 2.05) is 11.9 Å². The molecule has 0 aliphatic carbocycles. The average Bonchev–Trinajstić information content (AvgIpc) is 2.88. The zero-order chi connectivity index (χ0) is 15.0. The number of aryl methyl sites for hydroxylation is 1. The van der Waals surface area contributed by atoms with Gasteiger partial charge >= 0.3 is 5.97 Å². The van der Waals surface area contributed by atoms with Crippen LogP contribution in [-0.2, 0) is 11.8 Å². The van der Waals surface area contributed by atoms with E-state index in [4.69, 9.17) is 0 Å². The highest BCUT2D eigenvalue weighted by atomic mass is 16.4. The van der Waals surface area contributed by atoms with Crippen molar-refractivity contribution in [1.82, 2.24) is 19.7 Å². The quantitative estimate of drug-likeness (QED) is 0.920. The lowest BCUT2D eigenvalue weighted by molar-refractivity contribution is -0.139. The van der Waals surface area contributed by atoms with Crippen molar-refractivity contribution >= 4 is 22.8 Å². The molecule has 0 spiro atoms. The molecule has 0 saturated carbocycles. The van der Waals surface area contributed by atoms with E-state index < -0.39 is 12.0 Å². The Balaban J connectivity index is 2.02. The Morgan fingerprint density at radius 2 is 2.29 bits per heavy atom. The van der Waals surface area contributed by atoms with Crippen molar-refractivity contribution < 1.29 is 9.90 Å². The zero-order valence-corrected chi connectivity index (χ0v) is 12.2. The third kappa shape index (κ3) is 2.32. The number of anilines is 1. The standard InChI is InChI=1S/C14H19N5O2/c1-3-9-4-5-19(11(6-9)14(20)21)13-10-7-17-18(2)12(10)15-8-16-13/h7-9,11H,3-6H2,1-2H3,(H,20,21). The second-order valence-electron chi connectivity index (χ2n) is 5.55. The van der Waals surface area contributed by atoms with Gasteiger partial charge < -0.3 is 10.0 Å². The van der Waals surface area contributed by atoms with Crippen LogP contribution in [0.2, 0.25) is 0 Å². The van der Waals surface area contributed by atoms with Gasteiger partial charge in [-0.25, -0.2) is 14.8 Å². The molecule has 0 amide bonds. The molecule has 7 nitrogen and oxygen atoms in total. The Hall–Kier alpha value is -2.18. The van der Waals surface area contributed by atoms with Gasteiger partial charge in [-0.1, -0.05) is 13.3 Å². The van der Waals surface area contributed by atoms with Crippen LogP contribution in [0.1, 0.15) is 26.2 Å². The fraction of sp³-hybridized carbons (Fsp3) is 0.571. The van der Waals surface area contributed by atoms with Gasteiger partial charge in [0.05, 0.1) is 11.6 Å². The van der Waals surface area contributed by atoms with Gasteiger partial charge in [0.15, 0.2) is 5.65 Å². The lowest BCUT2D eigenvalue weighted by Gasteiger charge is -2.37. The summed E-state index contributed by atoms with van der Waals surface area (Å²) in [5.41, 5.74) is 0.724. The minimum atomic E-state index is -0.788. The van der Waals surface area contributed by atoms with E-state index >= 15 is 0 Å². The predicted octanol–water partition coefficient (Wildman–Crippen LogP) is 1.44. The number of hydrogen-bond acceptors (Lipinski definition) is 5. The predicted molar refractivity (Wildman–Crippen MR) is 78.1 cm³/mol. The second kappa shape index (κ2) is 5.31. The first-order valence-electron chi connectivity index (χ1n) is 7.24. The number of carbonyl (C=O) groups is 1. The van der Waals surface area contributed by atoms with Crippen molar-refractivity contribution in [3.05, 3.63) is 12.5 Å². The highest BCUT2D eigenvalue weighted by molar-refractivity contribution is 5.89. The second-order valence-corrected chi connectivity index (χ2v) is 5.55. The molecule has 112 valence electrons. The van der Waals surface area contributed by atoms with Crippen LogP contribution in [0.5, 0.6) is 0 Å². The monoisotopic (exact) mass is 289 g/mol. The van der Waals surface area contributed by atoms with Crippen LogP contribution in [0, 0.1) is 5.92 Å². The van der Waals surface area contributed by atoms with E-state index in [1.54, 1.807) is 10.9 Å². The summed E-state index contributed by atoms with van der Waals surface area (Å²) >= 11 is 0. The molecule has 0 radical (unpaired) electrons. The number of nitrogens with zero attached hydrogens (tertiary/aromatic N) is 5. The summed E-state index contributed by atoms with van der Waals surface area (Å²) in [4.78, 5) is 22.1. The maximum Gasteiger partial charge on any atom is 0.326 e. The molecule has 1 saturated heterocycles. The Morgan fingerprint density at radius 1 is 1.48 bits per heavy atom. The molecule has 1 aliphatic heterocycles. The first-order valence-corrected chi connectivity index (χ1v) is 7.24. The number of rotatable bonds is 3. The van der Waals surface area contributed by atoms with Crippen molar-refractivity contribution in [3.63, 3.8) is 0 Å². The van der Waals surface area contributed by atoms with Gasteiger partial charge in [-0.05, 0) is 18.8 Å². The fourth-order valence-electron chi connectivity index (χ4n) is 3.08. The maximum absolute atomic E-state index is 11.6. The molecule has 3 rings (SSSR count). The highest BCUT2D eigenvalue weighted by Gasteiger charge is 2.34. The van der Waals surface area contributed by atoms with Crippen molar-refractivity contribution in [2.45, 2.75) is 32.2 Å². The number of aliphatic carboxylic acids is 1. The Kier molecular flexibility index (Phi) is 3.48. The van der Waals surface area contributed by atoms with E-state index in [9.17, 15) is 9.90 Å². The third-order valence-electron chi connectivity index (χ3n) is 4.35. The summed E-state index contributed by atoms with van der Waals surface area (Å²) in [5, 5.41) is 14.6. The van der Waals surface area contributed by atoms with Crippen LogP contribution in [0.4, 0.5) is 5.82 Å². The van der Waals surface area contributed by atoms with E-state index in [1.165, 1.54) is 6.33 Å². The number of fused-ring (bicyclic) bond motifs is 1. The van der Waals surface area contributed by atoms with Crippen LogP contribution in [0.25, 0.3) is 11.0 Å². The molecule has 3 heterocycles. The fourth-order valence-corrected chi connectivity index (χ4v) is 3.08. The third-order valence-corrected chi connectivity index (χ3v) is 4.35. The average molecular weight is 289 g/mol. The van der Waals surface area contributed by atoms with Crippen molar-refractivity contribution in [3.8, 4) is 0 Å². The lowest BCUT2D eigenvalue weighted by atomic mass is 9.89. The van der Waals surface area contributed by atoms with Gasteiger partial charge in [0.1, 0.15) is 18.2 Å². The molecule has 2 aromatic rings. The molecular weight excluding hydrogens is 270 g/mol. The number of aromatic nitrogens is 4. The molecule has 2 aromatic heterocycles. The molecule has 7 heteroatoms. The summed E-state index contributed by atoms with van der Waals surface area (Å²) in [7, 11) is 1.82. The molecule has 2 unspecified atom stereocenters. The van der Waals surface area contributed by atoms with E-state index in [0.29, 0.717) is 24.7 Å². The normalized spacial score (nSPS) is 22.7. The first kappa shape index (κ1) is 13.8. The molecule has 1 N–H and O–H groups in total. The smallest absolute Gasteiger partial charge is 0.326 e. The number of hydrogen-bond donors (Lipinski definition) is 1. The molecule has 2 atom stereocenters. The van der Waals surface area contributed by atoms with E-state index in [2.05, 4.69) is 22.0 Å². The summed E-state index contributed by atoms with van der Waals surface area (Å²) in [6, 6.07) is -0.526. The minimum absolute atomic E-state index is 0.466. The SMILES string of the molecule is CCC1CCN(c2ncnc3c2cnn3C)C(C(=O)O)C1. The van der Waals surface area contributed by atoms with Gasteiger partial charge in [-0.15, -0.1) is 0 Å². The molecule has 21 heavy (non-hydrogen) atoms. The highest BCUT2D eigenvalue weighted by Crippen LogP contribution is 2.32. The Morgan fingerprint density at radius 3 is 3.00 bits per heavy atom. The number of carboxylic acids is 1. The molecule has 0 aromatic carbocycles. The largest absolute Gasteiger partial charge is 0.480 e. The first-order chi connectivity index (χ1) is 10.1. The van der Waals surface area contributed by atoms with Crippen LogP contribution in [0.3, 0.4) is 0 Å². The van der Waals surface area contributed by atoms with Crippen LogP contribution in [-0.4, -0.2) is 43.4 Å². The van der Waals surface area contributed by atoms with Gasteiger partial charge in [-0.2, -0.15) is 5.10 Å². The van der Waals surface area contributed by atoms with Crippen molar-refractivity contribution in [2.24, 2.45) is 13.0 Å². The van der Waals surface area contributed by atoms with Crippen LogP contribution < -0.4 is 4.90 Å². The summed E-state index contributed by atoms with van der Waals surface area (Å²) in [5.74, 6) is 0.354. The number of carboxylic acid groups (broad SMARTS) is 1. The van der Waals surface area contributed by atoms with Gasteiger partial charge in [0, 0.05) is 13.6 Å². The minimum Gasteiger partial charge on any atom is -0.480 e. The van der Waals surface area contributed by atoms with Crippen LogP contribution in [0.15, 0.2) is 12.5 Å². The number of piperidine rings is 1.